The van der Waals surface area contributed by atoms with Crippen LogP contribution < -0.4 is 5.73 Å². The fourth-order valence-electron chi connectivity index (χ4n) is 1.08. The van der Waals surface area contributed by atoms with Gasteiger partial charge in [0, 0.05) is 0 Å². The van der Waals surface area contributed by atoms with Gasteiger partial charge in [0.2, 0.25) is 0 Å². The topological polar surface area (TPSA) is 26.0 Å². The Morgan fingerprint density at radius 1 is 1.31 bits per heavy atom. The van der Waals surface area contributed by atoms with E-state index in [1.54, 1.807) is 0 Å². The highest BCUT2D eigenvalue weighted by atomic mass is 35.5. The Morgan fingerprint density at radius 3 is 2.25 bits per heavy atom. The Bertz CT molecular complexity index is 354. The predicted molar refractivity (Wildman–Crippen MR) is 56.6 cm³/mol. The Labute approximate surface area is 101 Å². The van der Waals surface area contributed by atoms with Gasteiger partial charge in [0.1, 0.15) is 6.67 Å². The number of hydrogen-bond acceptors (Lipinski definition) is 1. The molecule has 0 aliphatic carbocycles. The van der Waals surface area contributed by atoms with Crippen molar-refractivity contribution in [2.45, 2.75) is 12.2 Å². The van der Waals surface area contributed by atoms with Crippen molar-refractivity contribution in [1.82, 2.24) is 0 Å². The summed E-state index contributed by atoms with van der Waals surface area (Å²) in [5, 5.41) is -0.469. The first kappa shape index (κ1) is 15.5. The summed E-state index contributed by atoms with van der Waals surface area (Å²) in [5.41, 5.74) is 4.61. The number of alkyl halides is 4. The highest BCUT2D eigenvalue weighted by Crippen LogP contribution is 2.35. The van der Waals surface area contributed by atoms with Crippen LogP contribution in [0.1, 0.15) is 17.2 Å². The van der Waals surface area contributed by atoms with Crippen molar-refractivity contribution in [3.8, 4) is 0 Å². The maximum atomic E-state index is 12.3. The van der Waals surface area contributed by atoms with Gasteiger partial charge in [-0.2, -0.15) is 13.2 Å². The molecule has 7 heteroatoms. The minimum absolute atomic E-state index is 0. The lowest BCUT2D eigenvalue weighted by Gasteiger charge is -2.12. The first-order valence-electron chi connectivity index (χ1n) is 4.04. The minimum Gasteiger partial charge on any atom is -0.322 e. The SMILES string of the molecule is Cl.N[C@H](CF)c1ccc(C(F)(F)F)c(Cl)c1. The second kappa shape index (κ2) is 5.70. The summed E-state index contributed by atoms with van der Waals surface area (Å²) >= 11 is 5.42. The summed E-state index contributed by atoms with van der Waals surface area (Å²) in [6.45, 7) is -0.846. The summed E-state index contributed by atoms with van der Waals surface area (Å²) < 4.78 is 49.0. The van der Waals surface area contributed by atoms with Gasteiger partial charge in [0.15, 0.2) is 0 Å². The average molecular weight is 278 g/mol. The van der Waals surface area contributed by atoms with Crippen molar-refractivity contribution >= 4 is 24.0 Å². The Hall–Kier alpha value is -0.520. The number of rotatable bonds is 2. The third-order valence-corrected chi connectivity index (χ3v) is 2.21. The molecule has 0 aromatic heterocycles. The first-order valence-corrected chi connectivity index (χ1v) is 4.42. The maximum absolute atomic E-state index is 12.3. The molecule has 1 rings (SSSR count). The quantitative estimate of drug-likeness (QED) is 0.819. The lowest BCUT2D eigenvalue weighted by atomic mass is 10.1. The molecule has 0 saturated heterocycles. The molecule has 1 nitrogen and oxygen atoms in total. The average Bonchev–Trinajstić information content (AvgIpc) is 2.14. The fraction of sp³-hybridized carbons (Fsp3) is 0.333. The van der Waals surface area contributed by atoms with Crippen molar-refractivity contribution in [3.05, 3.63) is 34.3 Å². The molecule has 0 aliphatic heterocycles. The molecule has 1 aromatic carbocycles. The normalized spacial score (nSPS) is 13.1. The second-order valence-electron chi connectivity index (χ2n) is 3.00. The van der Waals surface area contributed by atoms with Gasteiger partial charge >= 0.3 is 6.18 Å². The van der Waals surface area contributed by atoms with Crippen LogP contribution in [0, 0.1) is 0 Å². The maximum Gasteiger partial charge on any atom is 0.417 e. The Morgan fingerprint density at radius 2 is 1.88 bits per heavy atom. The lowest BCUT2D eigenvalue weighted by molar-refractivity contribution is -0.137. The molecule has 0 unspecified atom stereocenters. The van der Waals surface area contributed by atoms with Crippen LogP contribution in [0.25, 0.3) is 0 Å². The third kappa shape index (κ3) is 3.50. The summed E-state index contributed by atoms with van der Waals surface area (Å²) in [7, 11) is 0. The van der Waals surface area contributed by atoms with Gasteiger partial charge in [-0.05, 0) is 17.7 Å². The number of nitrogens with two attached hydrogens (primary N) is 1. The number of benzene rings is 1. The Balaban J connectivity index is 0.00000225. The van der Waals surface area contributed by atoms with Crippen LogP contribution in [-0.4, -0.2) is 6.67 Å². The van der Waals surface area contributed by atoms with E-state index >= 15 is 0 Å². The van der Waals surface area contributed by atoms with E-state index in [1.165, 1.54) is 0 Å². The molecule has 0 spiro atoms. The van der Waals surface area contributed by atoms with E-state index in [9.17, 15) is 17.6 Å². The summed E-state index contributed by atoms with van der Waals surface area (Å²) in [4.78, 5) is 0. The molecule has 0 saturated carbocycles. The van der Waals surface area contributed by atoms with E-state index in [0.29, 0.717) is 0 Å². The minimum atomic E-state index is -4.50. The molecule has 1 atom stereocenters. The molecule has 92 valence electrons. The molecule has 0 bridgehead atoms. The number of hydrogen-bond donors (Lipinski definition) is 1. The molecule has 0 amide bonds. The van der Waals surface area contributed by atoms with Crippen molar-refractivity contribution in [3.63, 3.8) is 0 Å². The van der Waals surface area contributed by atoms with Gasteiger partial charge in [-0.25, -0.2) is 4.39 Å². The molecule has 0 radical (unpaired) electrons. The fourth-order valence-corrected chi connectivity index (χ4v) is 1.38. The molecule has 2 N–H and O–H groups in total. The highest BCUT2D eigenvalue weighted by molar-refractivity contribution is 6.31. The number of halogens is 6. The van der Waals surface area contributed by atoms with Gasteiger partial charge in [-0.3, -0.25) is 0 Å². The molecule has 0 fully saturated rings. The largest absolute Gasteiger partial charge is 0.417 e. The van der Waals surface area contributed by atoms with Gasteiger partial charge < -0.3 is 5.73 Å². The zero-order valence-electron chi connectivity index (χ0n) is 7.89. The van der Waals surface area contributed by atoms with E-state index in [4.69, 9.17) is 17.3 Å². The van der Waals surface area contributed by atoms with Crippen LogP contribution in [0.4, 0.5) is 17.6 Å². The molecule has 0 aliphatic rings. The van der Waals surface area contributed by atoms with Gasteiger partial charge in [-0.15, -0.1) is 12.4 Å². The van der Waals surface area contributed by atoms with Crippen LogP contribution in [0.3, 0.4) is 0 Å². The van der Waals surface area contributed by atoms with Crippen molar-refractivity contribution in [1.29, 1.82) is 0 Å². The third-order valence-electron chi connectivity index (χ3n) is 1.89. The smallest absolute Gasteiger partial charge is 0.322 e. The van der Waals surface area contributed by atoms with E-state index in [2.05, 4.69) is 0 Å². The van der Waals surface area contributed by atoms with Crippen molar-refractivity contribution in [2.75, 3.05) is 6.67 Å². The molecule has 0 heterocycles. The molecule has 1 aromatic rings. The van der Waals surface area contributed by atoms with Crippen LogP contribution in [-0.2, 0) is 6.18 Å². The van der Waals surface area contributed by atoms with E-state index in [-0.39, 0.29) is 18.0 Å². The van der Waals surface area contributed by atoms with Crippen molar-refractivity contribution < 1.29 is 17.6 Å². The monoisotopic (exact) mass is 277 g/mol. The first-order chi connectivity index (χ1) is 6.86. The highest BCUT2D eigenvalue weighted by Gasteiger charge is 2.33. The van der Waals surface area contributed by atoms with Crippen molar-refractivity contribution in [2.24, 2.45) is 5.73 Å². The second-order valence-corrected chi connectivity index (χ2v) is 3.41. The molecule has 16 heavy (non-hydrogen) atoms. The van der Waals surface area contributed by atoms with Crippen LogP contribution >= 0.6 is 24.0 Å². The Kier molecular flexibility index (Phi) is 5.52. The molecular weight excluding hydrogens is 269 g/mol. The van der Waals surface area contributed by atoms with E-state index < -0.39 is 29.5 Å². The summed E-state index contributed by atoms with van der Waals surface area (Å²) in [5.74, 6) is 0. The summed E-state index contributed by atoms with van der Waals surface area (Å²) in [6, 6.07) is 2.02. The van der Waals surface area contributed by atoms with Crippen LogP contribution in [0.15, 0.2) is 18.2 Å². The van der Waals surface area contributed by atoms with E-state index in [1.807, 2.05) is 0 Å². The van der Waals surface area contributed by atoms with E-state index in [0.717, 1.165) is 18.2 Å². The summed E-state index contributed by atoms with van der Waals surface area (Å²) in [6.07, 6.45) is -4.50. The standard InChI is InChI=1S/C9H8ClF4N.ClH/c10-7-3-5(8(15)4-11)1-2-6(7)9(12,13)14;/h1-3,8H,4,15H2;1H/t8-;/m1./s1. The zero-order valence-corrected chi connectivity index (χ0v) is 9.46. The van der Waals surface area contributed by atoms with Gasteiger partial charge in [-0.1, -0.05) is 17.7 Å². The predicted octanol–water partition coefficient (Wildman–Crippen LogP) is 3.75. The van der Waals surface area contributed by atoms with Crippen LogP contribution in [0.5, 0.6) is 0 Å². The zero-order chi connectivity index (χ0) is 11.6. The van der Waals surface area contributed by atoms with Gasteiger partial charge in [0.25, 0.3) is 0 Å². The van der Waals surface area contributed by atoms with Crippen LogP contribution in [0.2, 0.25) is 5.02 Å². The lowest BCUT2D eigenvalue weighted by Crippen LogP contribution is -2.13. The van der Waals surface area contributed by atoms with Gasteiger partial charge in [0.05, 0.1) is 16.6 Å². The molecular formula is C9H9Cl2F4N.